The van der Waals surface area contributed by atoms with E-state index in [-0.39, 0.29) is 6.61 Å². The standard InChI is InChI=1S/C13H22OSi/c1-13(2,3)15(4,5)12-8-6-11(10-14)7-9-12/h6-9,14H,10H2,1-5H3. The van der Waals surface area contributed by atoms with Crippen molar-refractivity contribution in [1.29, 1.82) is 0 Å². The number of hydrogen-bond donors (Lipinski definition) is 1. The van der Waals surface area contributed by atoms with Crippen molar-refractivity contribution in [2.45, 2.75) is 45.5 Å². The van der Waals surface area contributed by atoms with E-state index in [2.05, 4.69) is 46.0 Å². The maximum atomic E-state index is 9.00. The molecule has 0 aliphatic rings. The molecule has 0 amide bonds. The first kappa shape index (κ1) is 12.5. The zero-order valence-corrected chi connectivity index (χ0v) is 11.5. The van der Waals surface area contributed by atoms with E-state index in [1.54, 1.807) is 0 Å². The normalized spacial score (nSPS) is 12.9. The largest absolute Gasteiger partial charge is 0.392 e. The minimum absolute atomic E-state index is 0.137. The number of benzene rings is 1. The molecule has 1 aromatic rings. The Kier molecular flexibility index (Phi) is 3.41. The van der Waals surface area contributed by atoms with Gasteiger partial charge in [0.2, 0.25) is 0 Å². The van der Waals surface area contributed by atoms with E-state index in [1.165, 1.54) is 5.19 Å². The second kappa shape index (κ2) is 4.10. The molecule has 0 saturated carbocycles. The van der Waals surface area contributed by atoms with Gasteiger partial charge in [-0.1, -0.05) is 63.3 Å². The molecule has 15 heavy (non-hydrogen) atoms. The Balaban J connectivity index is 3.06. The van der Waals surface area contributed by atoms with E-state index in [0.717, 1.165) is 5.56 Å². The van der Waals surface area contributed by atoms with Crippen LogP contribution < -0.4 is 5.19 Å². The number of aliphatic hydroxyl groups excluding tert-OH is 1. The highest BCUT2D eigenvalue weighted by molar-refractivity contribution is 6.92. The summed E-state index contributed by atoms with van der Waals surface area (Å²) in [7, 11) is -1.40. The molecule has 0 bridgehead atoms. The molecule has 0 heterocycles. The molecular formula is C13H22OSi. The van der Waals surface area contributed by atoms with Crippen molar-refractivity contribution in [3.8, 4) is 0 Å². The molecule has 84 valence electrons. The molecule has 0 aliphatic heterocycles. The smallest absolute Gasteiger partial charge is 0.0859 e. The van der Waals surface area contributed by atoms with Gasteiger partial charge in [0, 0.05) is 0 Å². The third-order valence-electron chi connectivity index (χ3n) is 3.73. The Morgan fingerprint density at radius 1 is 1.07 bits per heavy atom. The van der Waals surface area contributed by atoms with Crippen LogP contribution in [0, 0.1) is 0 Å². The minimum Gasteiger partial charge on any atom is -0.392 e. The average molecular weight is 222 g/mol. The van der Waals surface area contributed by atoms with Gasteiger partial charge in [-0.25, -0.2) is 0 Å². The number of rotatable bonds is 2. The van der Waals surface area contributed by atoms with Crippen LogP contribution in [0.1, 0.15) is 26.3 Å². The van der Waals surface area contributed by atoms with Crippen molar-refractivity contribution in [3.63, 3.8) is 0 Å². The van der Waals surface area contributed by atoms with Gasteiger partial charge in [-0.3, -0.25) is 0 Å². The third-order valence-corrected chi connectivity index (χ3v) is 9.26. The van der Waals surface area contributed by atoms with Crippen LogP contribution in [-0.4, -0.2) is 13.2 Å². The topological polar surface area (TPSA) is 20.2 Å². The lowest BCUT2D eigenvalue weighted by molar-refractivity contribution is 0.282. The predicted octanol–water partition coefficient (Wildman–Crippen LogP) is 2.89. The molecule has 0 fully saturated rings. The second-order valence-electron chi connectivity index (χ2n) is 5.73. The van der Waals surface area contributed by atoms with Crippen LogP contribution in [0.5, 0.6) is 0 Å². The van der Waals surface area contributed by atoms with Gasteiger partial charge in [0.1, 0.15) is 0 Å². The first-order valence-corrected chi connectivity index (χ1v) is 8.49. The highest BCUT2D eigenvalue weighted by Crippen LogP contribution is 2.35. The van der Waals surface area contributed by atoms with Gasteiger partial charge in [0.05, 0.1) is 14.7 Å². The second-order valence-corrected chi connectivity index (χ2v) is 11.1. The fraction of sp³-hybridized carbons (Fsp3) is 0.538. The highest BCUT2D eigenvalue weighted by atomic mass is 28.3. The molecular weight excluding hydrogens is 200 g/mol. The zero-order chi connectivity index (χ0) is 11.7. The summed E-state index contributed by atoms with van der Waals surface area (Å²) in [6, 6.07) is 8.44. The lowest BCUT2D eigenvalue weighted by Crippen LogP contribution is -2.49. The van der Waals surface area contributed by atoms with Crippen LogP contribution in [-0.2, 0) is 6.61 Å². The summed E-state index contributed by atoms with van der Waals surface area (Å²) in [4.78, 5) is 0. The van der Waals surface area contributed by atoms with Gasteiger partial charge in [0.15, 0.2) is 0 Å². The minimum atomic E-state index is -1.40. The van der Waals surface area contributed by atoms with E-state index in [4.69, 9.17) is 5.11 Å². The van der Waals surface area contributed by atoms with Gasteiger partial charge in [-0.15, -0.1) is 0 Å². The maximum Gasteiger partial charge on any atom is 0.0859 e. The van der Waals surface area contributed by atoms with Crippen molar-refractivity contribution in [3.05, 3.63) is 29.8 Å². The summed E-state index contributed by atoms with van der Waals surface area (Å²) in [6.45, 7) is 11.9. The lowest BCUT2D eigenvalue weighted by atomic mass is 10.2. The van der Waals surface area contributed by atoms with E-state index in [1.807, 2.05) is 12.1 Å². The molecule has 0 aromatic heterocycles. The van der Waals surface area contributed by atoms with Crippen LogP contribution in [0.4, 0.5) is 0 Å². The Morgan fingerprint density at radius 2 is 1.53 bits per heavy atom. The highest BCUT2D eigenvalue weighted by Gasteiger charge is 2.36. The Bertz CT molecular complexity index is 319. The number of hydrogen-bond acceptors (Lipinski definition) is 1. The van der Waals surface area contributed by atoms with Crippen LogP contribution in [0.3, 0.4) is 0 Å². The van der Waals surface area contributed by atoms with Crippen molar-refractivity contribution in [1.82, 2.24) is 0 Å². The van der Waals surface area contributed by atoms with E-state index >= 15 is 0 Å². The third kappa shape index (κ3) is 2.50. The summed E-state index contributed by atoms with van der Waals surface area (Å²) >= 11 is 0. The Hall–Kier alpha value is -0.603. The van der Waals surface area contributed by atoms with Gasteiger partial charge < -0.3 is 5.11 Å². The molecule has 1 rings (SSSR count). The quantitative estimate of drug-likeness (QED) is 0.763. The Labute approximate surface area is 94.2 Å². The predicted molar refractivity (Wildman–Crippen MR) is 69.2 cm³/mol. The molecule has 0 unspecified atom stereocenters. The molecule has 1 aromatic carbocycles. The van der Waals surface area contributed by atoms with Crippen molar-refractivity contribution >= 4 is 13.3 Å². The fourth-order valence-electron chi connectivity index (χ4n) is 1.46. The average Bonchev–Trinajstić information content (AvgIpc) is 2.16. The van der Waals surface area contributed by atoms with Crippen molar-refractivity contribution < 1.29 is 5.11 Å². The van der Waals surface area contributed by atoms with Crippen LogP contribution in [0.2, 0.25) is 18.1 Å². The van der Waals surface area contributed by atoms with Crippen LogP contribution >= 0.6 is 0 Å². The summed E-state index contributed by atoms with van der Waals surface area (Å²) in [5.41, 5.74) is 0.998. The van der Waals surface area contributed by atoms with Crippen LogP contribution in [0.25, 0.3) is 0 Å². The van der Waals surface area contributed by atoms with Gasteiger partial charge >= 0.3 is 0 Å². The number of aliphatic hydroxyl groups is 1. The summed E-state index contributed by atoms with van der Waals surface area (Å²) in [6.07, 6.45) is 0. The first-order chi connectivity index (χ1) is 6.79. The van der Waals surface area contributed by atoms with E-state index in [9.17, 15) is 0 Å². The summed E-state index contributed by atoms with van der Waals surface area (Å²) < 4.78 is 0. The summed E-state index contributed by atoms with van der Waals surface area (Å²) in [5.74, 6) is 0. The lowest BCUT2D eigenvalue weighted by Gasteiger charge is -2.37. The molecule has 0 atom stereocenters. The van der Waals surface area contributed by atoms with Crippen LogP contribution in [0.15, 0.2) is 24.3 Å². The Morgan fingerprint density at radius 3 is 1.87 bits per heavy atom. The molecule has 0 saturated heterocycles. The monoisotopic (exact) mass is 222 g/mol. The fourth-order valence-corrected chi connectivity index (χ4v) is 3.33. The zero-order valence-electron chi connectivity index (χ0n) is 10.5. The molecule has 1 N–H and O–H groups in total. The molecule has 0 spiro atoms. The molecule has 2 heteroatoms. The molecule has 0 radical (unpaired) electrons. The van der Waals surface area contributed by atoms with Crippen molar-refractivity contribution in [2.75, 3.05) is 0 Å². The maximum absolute atomic E-state index is 9.00. The van der Waals surface area contributed by atoms with Gasteiger partial charge in [0.25, 0.3) is 0 Å². The van der Waals surface area contributed by atoms with Gasteiger partial charge in [-0.05, 0) is 10.6 Å². The first-order valence-electron chi connectivity index (χ1n) is 5.49. The molecule has 0 aliphatic carbocycles. The molecule has 1 nitrogen and oxygen atoms in total. The van der Waals surface area contributed by atoms with E-state index < -0.39 is 8.07 Å². The SMILES string of the molecule is CC(C)(C)[Si](C)(C)c1ccc(CO)cc1. The van der Waals surface area contributed by atoms with Crippen molar-refractivity contribution in [2.24, 2.45) is 0 Å². The van der Waals surface area contributed by atoms with E-state index in [0.29, 0.717) is 5.04 Å². The van der Waals surface area contributed by atoms with Gasteiger partial charge in [-0.2, -0.15) is 0 Å². The summed E-state index contributed by atoms with van der Waals surface area (Å²) in [5, 5.41) is 10.8.